The van der Waals surface area contributed by atoms with Crippen LogP contribution in [0.4, 0.5) is 0 Å². The van der Waals surface area contributed by atoms with E-state index in [1.807, 2.05) is 28.8 Å². The number of carbonyl (C=O) groups is 1. The van der Waals surface area contributed by atoms with Crippen molar-refractivity contribution in [1.29, 1.82) is 0 Å². The van der Waals surface area contributed by atoms with Crippen LogP contribution in [0.1, 0.15) is 29.2 Å². The lowest BCUT2D eigenvalue weighted by Gasteiger charge is -2.31. The van der Waals surface area contributed by atoms with Gasteiger partial charge in [0.05, 0.1) is 12.0 Å². The highest BCUT2D eigenvalue weighted by Gasteiger charge is 2.25. The van der Waals surface area contributed by atoms with Gasteiger partial charge in [-0.2, -0.15) is 11.8 Å². The lowest BCUT2D eigenvalue weighted by molar-refractivity contribution is 0.0665. The van der Waals surface area contributed by atoms with Gasteiger partial charge in [0.25, 0.3) is 5.91 Å². The lowest BCUT2D eigenvalue weighted by Crippen LogP contribution is -2.38. The maximum Gasteiger partial charge on any atom is 0.289 e. The van der Waals surface area contributed by atoms with Crippen molar-refractivity contribution in [2.45, 2.75) is 18.6 Å². The molecule has 1 fully saturated rings. The quantitative estimate of drug-likeness (QED) is 0.766. The third-order valence-electron chi connectivity index (χ3n) is 3.86. The van der Waals surface area contributed by atoms with Gasteiger partial charge in [0, 0.05) is 13.1 Å². The molecule has 0 spiro atoms. The Morgan fingerprint density at radius 2 is 2.14 bits per heavy atom. The monoisotopic (exact) mass is 383 g/mol. The van der Waals surface area contributed by atoms with Crippen LogP contribution >= 0.6 is 27.7 Å². The minimum Gasteiger partial charge on any atom is -0.468 e. The molecular weight excluding hydrogens is 366 g/mol. The fourth-order valence-corrected chi connectivity index (χ4v) is 4.07. The van der Waals surface area contributed by atoms with Gasteiger partial charge >= 0.3 is 0 Å². The van der Waals surface area contributed by atoms with Crippen molar-refractivity contribution < 1.29 is 13.6 Å². The van der Waals surface area contributed by atoms with Crippen molar-refractivity contribution in [2.24, 2.45) is 5.92 Å². The largest absolute Gasteiger partial charge is 0.468 e. The van der Waals surface area contributed by atoms with E-state index in [0.717, 1.165) is 43.2 Å². The average molecular weight is 384 g/mol. The summed E-state index contributed by atoms with van der Waals surface area (Å²) in [4.78, 5) is 14.2. The van der Waals surface area contributed by atoms with Crippen LogP contribution in [0.25, 0.3) is 0 Å². The van der Waals surface area contributed by atoms with Crippen LogP contribution in [0.2, 0.25) is 0 Å². The van der Waals surface area contributed by atoms with Gasteiger partial charge in [0.2, 0.25) is 0 Å². The molecule has 22 heavy (non-hydrogen) atoms. The number of amides is 1. The van der Waals surface area contributed by atoms with Crippen molar-refractivity contribution in [3.8, 4) is 0 Å². The van der Waals surface area contributed by atoms with Crippen LogP contribution in [0.15, 0.2) is 44.0 Å². The predicted molar refractivity (Wildman–Crippen MR) is 89.9 cm³/mol. The number of furan rings is 2. The second-order valence-corrected chi connectivity index (χ2v) is 7.25. The Labute approximate surface area is 142 Å². The zero-order valence-corrected chi connectivity index (χ0v) is 14.6. The SMILES string of the molecule is O=C(c1ccc(Br)o1)N1CCC(CSCc2ccco2)CC1. The standard InChI is InChI=1S/C16H18BrNO3S/c17-15-4-3-14(21-15)16(19)18-7-5-12(6-8-18)10-22-11-13-2-1-9-20-13/h1-4,9,12H,5-8,10-11H2. The van der Waals surface area contributed by atoms with E-state index in [4.69, 9.17) is 8.83 Å². The Balaban J connectivity index is 1.41. The second kappa shape index (κ2) is 7.42. The Hall–Kier alpha value is -1.14. The van der Waals surface area contributed by atoms with Gasteiger partial charge in [-0.1, -0.05) is 0 Å². The van der Waals surface area contributed by atoms with E-state index in [0.29, 0.717) is 16.3 Å². The first-order chi connectivity index (χ1) is 10.7. The highest BCUT2D eigenvalue weighted by molar-refractivity contribution is 9.10. The topological polar surface area (TPSA) is 46.6 Å². The summed E-state index contributed by atoms with van der Waals surface area (Å²) >= 11 is 5.14. The van der Waals surface area contributed by atoms with Gasteiger partial charge in [-0.05, 0) is 64.7 Å². The lowest BCUT2D eigenvalue weighted by atomic mass is 9.99. The van der Waals surface area contributed by atoms with E-state index in [-0.39, 0.29) is 5.91 Å². The third-order valence-corrected chi connectivity index (χ3v) is 5.49. The average Bonchev–Trinajstić information content (AvgIpc) is 3.19. The summed E-state index contributed by atoms with van der Waals surface area (Å²) in [5.41, 5.74) is 0. The summed E-state index contributed by atoms with van der Waals surface area (Å²) in [6.45, 7) is 1.62. The van der Waals surface area contributed by atoms with Gasteiger partial charge in [-0.25, -0.2) is 0 Å². The molecule has 2 aromatic heterocycles. The number of hydrogen-bond donors (Lipinski definition) is 0. The molecule has 118 valence electrons. The van der Waals surface area contributed by atoms with E-state index in [1.54, 1.807) is 18.4 Å². The first-order valence-electron chi connectivity index (χ1n) is 7.37. The van der Waals surface area contributed by atoms with Crippen LogP contribution < -0.4 is 0 Å². The van der Waals surface area contributed by atoms with Crippen molar-refractivity contribution in [3.63, 3.8) is 0 Å². The number of halogens is 1. The summed E-state index contributed by atoms with van der Waals surface area (Å²) in [5.74, 6) is 4.15. The molecule has 6 heteroatoms. The maximum atomic E-state index is 12.3. The Bertz CT molecular complexity index is 603. The van der Waals surface area contributed by atoms with Crippen LogP contribution in [-0.2, 0) is 5.75 Å². The summed E-state index contributed by atoms with van der Waals surface area (Å²) in [6.07, 6.45) is 3.82. The van der Waals surface area contributed by atoms with E-state index < -0.39 is 0 Å². The number of hydrogen-bond acceptors (Lipinski definition) is 4. The molecule has 0 N–H and O–H groups in total. The number of piperidine rings is 1. The molecule has 0 radical (unpaired) electrons. The summed E-state index contributed by atoms with van der Waals surface area (Å²) in [7, 11) is 0. The van der Waals surface area contributed by atoms with Gasteiger partial charge < -0.3 is 13.7 Å². The molecule has 3 rings (SSSR count). The third kappa shape index (κ3) is 3.98. The van der Waals surface area contributed by atoms with E-state index in [1.165, 1.54) is 0 Å². The highest BCUT2D eigenvalue weighted by atomic mass is 79.9. The molecule has 1 amide bonds. The molecule has 0 saturated carbocycles. The molecule has 1 aliphatic heterocycles. The van der Waals surface area contributed by atoms with E-state index in [9.17, 15) is 4.79 Å². The maximum absolute atomic E-state index is 12.3. The van der Waals surface area contributed by atoms with Crippen molar-refractivity contribution in [1.82, 2.24) is 4.90 Å². The molecule has 0 aromatic carbocycles. The zero-order chi connectivity index (χ0) is 15.4. The zero-order valence-electron chi connectivity index (χ0n) is 12.2. The normalized spacial score (nSPS) is 16.1. The van der Waals surface area contributed by atoms with Crippen molar-refractivity contribution >= 4 is 33.6 Å². The second-order valence-electron chi connectivity index (χ2n) is 5.43. The molecular formula is C16H18BrNO3S. The van der Waals surface area contributed by atoms with Crippen molar-refractivity contribution in [3.05, 3.63) is 46.7 Å². The smallest absolute Gasteiger partial charge is 0.289 e. The van der Waals surface area contributed by atoms with Gasteiger partial charge in [0.1, 0.15) is 5.76 Å². The van der Waals surface area contributed by atoms with Crippen molar-refractivity contribution in [2.75, 3.05) is 18.8 Å². The summed E-state index contributed by atoms with van der Waals surface area (Å²) < 4.78 is 11.3. The molecule has 2 aromatic rings. The van der Waals surface area contributed by atoms with Crippen LogP contribution in [-0.4, -0.2) is 29.6 Å². The first-order valence-corrected chi connectivity index (χ1v) is 9.32. The van der Waals surface area contributed by atoms with E-state index >= 15 is 0 Å². The van der Waals surface area contributed by atoms with E-state index in [2.05, 4.69) is 15.9 Å². The Kier molecular flexibility index (Phi) is 5.31. The first kappa shape index (κ1) is 15.7. The Morgan fingerprint density at radius 1 is 1.32 bits per heavy atom. The molecule has 4 nitrogen and oxygen atoms in total. The minimum atomic E-state index is -0.00705. The summed E-state index contributed by atoms with van der Waals surface area (Å²) in [5, 5.41) is 0. The Morgan fingerprint density at radius 3 is 2.77 bits per heavy atom. The molecule has 0 aliphatic carbocycles. The molecule has 0 atom stereocenters. The van der Waals surface area contributed by atoms with Crippen LogP contribution in [0.3, 0.4) is 0 Å². The molecule has 1 saturated heterocycles. The number of thioether (sulfide) groups is 1. The minimum absolute atomic E-state index is 0.00705. The molecule has 0 unspecified atom stereocenters. The number of carbonyl (C=O) groups excluding carboxylic acids is 1. The van der Waals surface area contributed by atoms with Crippen LogP contribution in [0, 0.1) is 5.92 Å². The number of nitrogens with zero attached hydrogens (tertiary/aromatic N) is 1. The fraction of sp³-hybridized carbons (Fsp3) is 0.438. The fourth-order valence-electron chi connectivity index (χ4n) is 2.61. The number of likely N-dealkylation sites (tertiary alicyclic amines) is 1. The molecule has 3 heterocycles. The van der Waals surface area contributed by atoms with Gasteiger partial charge in [-0.15, -0.1) is 0 Å². The summed E-state index contributed by atoms with van der Waals surface area (Å²) in [6, 6.07) is 7.41. The highest BCUT2D eigenvalue weighted by Crippen LogP contribution is 2.25. The van der Waals surface area contributed by atoms with Crippen LogP contribution in [0.5, 0.6) is 0 Å². The predicted octanol–water partition coefficient (Wildman–Crippen LogP) is 4.42. The van der Waals surface area contributed by atoms with Gasteiger partial charge in [-0.3, -0.25) is 4.79 Å². The van der Waals surface area contributed by atoms with Gasteiger partial charge in [0.15, 0.2) is 10.4 Å². The molecule has 0 bridgehead atoms. The number of rotatable bonds is 5. The molecule has 1 aliphatic rings.